The van der Waals surface area contributed by atoms with Crippen molar-refractivity contribution in [3.63, 3.8) is 0 Å². The molecule has 1 aromatic heterocycles. The molecule has 0 aliphatic heterocycles. The van der Waals surface area contributed by atoms with Gasteiger partial charge in [0.2, 0.25) is 0 Å². The summed E-state index contributed by atoms with van der Waals surface area (Å²) >= 11 is 6.23. The van der Waals surface area contributed by atoms with Crippen molar-refractivity contribution >= 4 is 29.3 Å². The molecule has 3 rings (SSSR count). The Labute approximate surface area is 175 Å². The highest BCUT2D eigenvalue weighted by molar-refractivity contribution is 6.33. The predicted octanol–water partition coefficient (Wildman–Crippen LogP) is 3.96. The maximum Gasteiger partial charge on any atom is 0.354 e. The van der Waals surface area contributed by atoms with E-state index in [2.05, 4.69) is 0 Å². The van der Waals surface area contributed by atoms with Gasteiger partial charge in [0.25, 0.3) is 5.91 Å². The summed E-state index contributed by atoms with van der Waals surface area (Å²) in [4.78, 5) is 40.5. The van der Waals surface area contributed by atoms with Gasteiger partial charge in [0.05, 0.1) is 23.7 Å². The maximum absolute atomic E-state index is 13.5. The summed E-state index contributed by atoms with van der Waals surface area (Å²) in [5.41, 5.74) is 2.42. The third-order valence-electron chi connectivity index (χ3n) is 5.63. The van der Waals surface area contributed by atoms with Gasteiger partial charge in [-0.05, 0) is 51.3 Å². The average molecular weight is 417 g/mol. The zero-order valence-corrected chi connectivity index (χ0v) is 18.0. The van der Waals surface area contributed by atoms with Crippen molar-refractivity contribution in [2.75, 3.05) is 7.11 Å². The molecule has 7 heteroatoms. The number of rotatable bonds is 6. The van der Waals surface area contributed by atoms with Crippen LogP contribution >= 0.6 is 11.6 Å². The van der Waals surface area contributed by atoms with Crippen LogP contribution in [0.1, 0.15) is 62.2 Å². The molecule has 1 atom stereocenters. The van der Waals surface area contributed by atoms with Gasteiger partial charge in [-0.25, -0.2) is 4.79 Å². The smallest absolute Gasteiger partial charge is 0.354 e. The predicted molar refractivity (Wildman–Crippen MR) is 111 cm³/mol. The fourth-order valence-electron chi connectivity index (χ4n) is 3.85. The molecule has 0 bridgehead atoms. The first-order valence-corrected chi connectivity index (χ1v) is 9.94. The molecular formula is C22H25ClN2O4. The Morgan fingerprint density at radius 2 is 1.83 bits per heavy atom. The number of ketones is 1. The van der Waals surface area contributed by atoms with Crippen molar-refractivity contribution in [2.45, 2.75) is 45.7 Å². The molecule has 29 heavy (non-hydrogen) atoms. The van der Waals surface area contributed by atoms with Crippen LogP contribution in [0.15, 0.2) is 24.3 Å². The summed E-state index contributed by atoms with van der Waals surface area (Å²) < 4.78 is 6.53. The lowest BCUT2D eigenvalue weighted by Gasteiger charge is -2.29. The fraction of sp³-hybridized carbons (Fsp3) is 0.409. The van der Waals surface area contributed by atoms with Gasteiger partial charge in [0.15, 0.2) is 5.78 Å². The van der Waals surface area contributed by atoms with Gasteiger partial charge in [-0.2, -0.15) is 0 Å². The Balaban J connectivity index is 1.99. The second-order valence-electron chi connectivity index (χ2n) is 7.45. The number of carbonyl (C=O) groups is 3. The Morgan fingerprint density at radius 1 is 1.21 bits per heavy atom. The van der Waals surface area contributed by atoms with Crippen molar-refractivity contribution in [1.29, 1.82) is 0 Å². The van der Waals surface area contributed by atoms with E-state index in [-0.39, 0.29) is 17.7 Å². The van der Waals surface area contributed by atoms with Crippen molar-refractivity contribution in [2.24, 2.45) is 7.05 Å². The minimum absolute atomic E-state index is 0.0159. The summed E-state index contributed by atoms with van der Waals surface area (Å²) in [7, 11) is 3.04. The lowest BCUT2D eigenvalue weighted by atomic mass is 9.99. The van der Waals surface area contributed by atoms with Crippen molar-refractivity contribution in [3.8, 4) is 0 Å². The average Bonchev–Trinajstić information content (AvgIpc) is 3.49. The number of methoxy groups -OCH3 is 1. The van der Waals surface area contributed by atoms with Crippen LogP contribution in [0, 0.1) is 13.8 Å². The molecule has 1 aliphatic rings. The first-order chi connectivity index (χ1) is 13.7. The molecule has 0 spiro atoms. The van der Waals surface area contributed by atoms with E-state index in [1.807, 2.05) is 0 Å². The molecule has 2 aromatic rings. The fourth-order valence-corrected chi connectivity index (χ4v) is 4.06. The molecule has 1 fully saturated rings. The third-order valence-corrected chi connectivity index (χ3v) is 5.96. The van der Waals surface area contributed by atoms with Crippen LogP contribution in [0.3, 0.4) is 0 Å². The number of aromatic nitrogens is 1. The molecule has 1 amide bonds. The van der Waals surface area contributed by atoms with Gasteiger partial charge in [-0.1, -0.05) is 23.7 Å². The van der Waals surface area contributed by atoms with Crippen LogP contribution in [0.25, 0.3) is 0 Å². The molecule has 0 radical (unpaired) electrons. The van der Waals surface area contributed by atoms with Crippen molar-refractivity contribution in [3.05, 3.63) is 57.4 Å². The van der Waals surface area contributed by atoms with Crippen LogP contribution < -0.4 is 0 Å². The van der Waals surface area contributed by atoms with E-state index < -0.39 is 12.0 Å². The molecule has 1 aliphatic carbocycles. The first-order valence-electron chi connectivity index (χ1n) is 9.56. The first kappa shape index (κ1) is 21.1. The second kappa shape index (κ2) is 8.03. The van der Waals surface area contributed by atoms with E-state index >= 15 is 0 Å². The Hall–Kier alpha value is -2.60. The number of hydrogen-bond acceptors (Lipinski definition) is 4. The Morgan fingerprint density at radius 3 is 2.38 bits per heavy atom. The number of amides is 1. The Kier molecular flexibility index (Phi) is 5.85. The van der Waals surface area contributed by atoms with Gasteiger partial charge in [0, 0.05) is 24.3 Å². The number of nitrogens with zero attached hydrogens (tertiary/aromatic N) is 2. The monoisotopic (exact) mass is 416 g/mol. The summed E-state index contributed by atoms with van der Waals surface area (Å²) in [6.07, 6.45) is 1.71. The van der Waals surface area contributed by atoms with E-state index in [0.29, 0.717) is 33.1 Å². The minimum atomic E-state index is -0.684. The highest BCUT2D eigenvalue weighted by Gasteiger charge is 2.40. The zero-order chi connectivity index (χ0) is 21.5. The molecule has 154 valence electrons. The molecule has 1 saturated carbocycles. The van der Waals surface area contributed by atoms with Crippen molar-refractivity contribution in [1.82, 2.24) is 9.47 Å². The van der Waals surface area contributed by atoms with Crippen molar-refractivity contribution < 1.29 is 19.1 Å². The SMILES string of the molecule is COC(=O)c1c(C)c(C(=O)[C@H](C)N(C(=O)c2ccccc2Cl)C2CC2)c(C)n1C. The molecular weight excluding hydrogens is 392 g/mol. The highest BCUT2D eigenvalue weighted by atomic mass is 35.5. The summed E-state index contributed by atoms with van der Waals surface area (Å²) in [6.45, 7) is 5.26. The van der Waals surface area contributed by atoms with Crippen LogP contribution in [0.4, 0.5) is 0 Å². The largest absolute Gasteiger partial charge is 0.464 e. The van der Waals surface area contributed by atoms with E-state index in [1.165, 1.54) is 7.11 Å². The lowest BCUT2D eigenvalue weighted by Crippen LogP contribution is -2.45. The number of esters is 1. The third kappa shape index (κ3) is 3.69. The van der Waals surface area contributed by atoms with Gasteiger partial charge < -0.3 is 14.2 Å². The summed E-state index contributed by atoms with van der Waals surface area (Å²) in [6, 6.07) is 6.19. The molecule has 0 N–H and O–H groups in total. The van der Waals surface area contributed by atoms with E-state index in [4.69, 9.17) is 16.3 Å². The maximum atomic E-state index is 13.5. The minimum Gasteiger partial charge on any atom is -0.464 e. The van der Waals surface area contributed by atoms with E-state index in [0.717, 1.165) is 12.8 Å². The van der Waals surface area contributed by atoms with E-state index in [1.54, 1.807) is 61.6 Å². The molecule has 0 unspecified atom stereocenters. The molecule has 6 nitrogen and oxygen atoms in total. The van der Waals surface area contributed by atoms with Gasteiger partial charge in [-0.15, -0.1) is 0 Å². The van der Waals surface area contributed by atoms with Gasteiger partial charge in [0.1, 0.15) is 5.69 Å². The number of halogens is 1. The molecule has 1 heterocycles. The number of Topliss-reactive ketones (excluding diaryl/α,β-unsaturated/α-hetero) is 1. The highest BCUT2D eigenvalue weighted by Crippen LogP contribution is 2.33. The summed E-state index contributed by atoms with van der Waals surface area (Å²) in [5, 5.41) is 0.364. The molecule has 1 aromatic carbocycles. The number of benzene rings is 1. The number of carbonyl (C=O) groups excluding carboxylic acids is 3. The van der Waals surface area contributed by atoms with Crippen LogP contribution in [-0.4, -0.2) is 46.3 Å². The van der Waals surface area contributed by atoms with Crippen LogP contribution in [0.2, 0.25) is 5.02 Å². The van der Waals surface area contributed by atoms with E-state index in [9.17, 15) is 14.4 Å². The summed E-state index contributed by atoms with van der Waals surface area (Å²) in [5.74, 6) is -0.942. The lowest BCUT2D eigenvalue weighted by molar-refractivity contribution is 0.0587. The topological polar surface area (TPSA) is 68.6 Å². The van der Waals surface area contributed by atoms with Crippen LogP contribution in [-0.2, 0) is 11.8 Å². The normalized spacial score (nSPS) is 14.4. The standard InChI is InChI=1S/C22H25ClN2O4/c1-12-18(13(2)24(4)19(12)22(28)29-5)20(26)14(3)25(15-10-11-15)21(27)16-8-6-7-9-17(16)23/h6-9,14-15H,10-11H2,1-5H3/t14-/m0/s1. The molecule has 0 saturated heterocycles. The second-order valence-corrected chi connectivity index (χ2v) is 7.86. The van der Waals surface area contributed by atoms with Gasteiger partial charge in [-0.3, -0.25) is 9.59 Å². The Bertz CT molecular complexity index is 991. The quantitative estimate of drug-likeness (QED) is 0.528. The number of hydrogen-bond donors (Lipinski definition) is 0. The zero-order valence-electron chi connectivity index (χ0n) is 17.3. The van der Waals surface area contributed by atoms with Crippen LogP contribution in [0.5, 0.6) is 0 Å². The van der Waals surface area contributed by atoms with Gasteiger partial charge >= 0.3 is 5.97 Å². The number of ether oxygens (including phenoxy) is 1.